The van der Waals surface area contributed by atoms with E-state index in [-0.39, 0.29) is 30.9 Å². The molecule has 0 saturated carbocycles. The van der Waals surface area contributed by atoms with Crippen molar-refractivity contribution in [2.45, 2.75) is 64.1 Å². The Morgan fingerprint density at radius 2 is 1.55 bits per heavy atom. The van der Waals surface area contributed by atoms with Crippen LogP contribution in [-0.2, 0) is 41.7 Å². The maximum atomic E-state index is 13.7. The summed E-state index contributed by atoms with van der Waals surface area (Å²) in [7, 11) is 0. The van der Waals surface area contributed by atoms with Crippen molar-refractivity contribution < 1.29 is 28.8 Å². The number of anilines is 1. The molecule has 3 aromatic rings. The van der Waals surface area contributed by atoms with Gasteiger partial charge < -0.3 is 20.9 Å². The van der Waals surface area contributed by atoms with E-state index in [1.165, 1.54) is 12.1 Å². The molecule has 0 radical (unpaired) electrons. The number of Topliss-reactive ketones (excluding diaryl/α,β-unsaturated/α-hetero) is 2. The Morgan fingerprint density at radius 3 is 2.21 bits per heavy atom. The van der Waals surface area contributed by atoms with Gasteiger partial charge in [0.05, 0.1) is 0 Å². The fraction of sp³-hybridized carbons (Fsp3) is 0.297. The summed E-state index contributed by atoms with van der Waals surface area (Å²) < 4.78 is 0. The van der Waals surface area contributed by atoms with Gasteiger partial charge in [-0.15, -0.1) is 12.3 Å². The Kier molecular flexibility index (Phi) is 12.2. The summed E-state index contributed by atoms with van der Waals surface area (Å²) in [6.07, 6.45) is 7.66. The molecule has 2 unspecified atom stereocenters. The lowest BCUT2D eigenvalue weighted by Crippen LogP contribution is -2.54. The summed E-state index contributed by atoms with van der Waals surface area (Å²) in [6.45, 7) is 1.99. The molecule has 2 atom stereocenters. The van der Waals surface area contributed by atoms with Crippen LogP contribution >= 0.6 is 0 Å². The third kappa shape index (κ3) is 9.96. The van der Waals surface area contributed by atoms with Gasteiger partial charge in [0, 0.05) is 45.0 Å². The molecule has 10 heteroatoms. The van der Waals surface area contributed by atoms with Crippen LogP contribution in [0.25, 0.3) is 11.1 Å². The van der Waals surface area contributed by atoms with Crippen LogP contribution in [0, 0.1) is 12.3 Å². The first kappa shape index (κ1) is 34.3. The second kappa shape index (κ2) is 16.7. The molecule has 47 heavy (non-hydrogen) atoms. The monoisotopic (exact) mass is 634 g/mol. The van der Waals surface area contributed by atoms with Gasteiger partial charge in [-0.25, -0.2) is 0 Å². The van der Waals surface area contributed by atoms with E-state index < -0.39 is 41.4 Å². The average molecular weight is 635 g/mol. The molecular formula is C37H38N4O6. The van der Waals surface area contributed by atoms with Crippen LogP contribution in [0.15, 0.2) is 78.9 Å². The molecule has 1 aliphatic heterocycles. The van der Waals surface area contributed by atoms with E-state index >= 15 is 0 Å². The van der Waals surface area contributed by atoms with Crippen LogP contribution < -0.4 is 16.0 Å². The molecular weight excluding hydrogens is 596 g/mol. The highest BCUT2D eigenvalue weighted by atomic mass is 16.2. The fourth-order valence-electron chi connectivity index (χ4n) is 5.29. The Balaban J connectivity index is 1.43. The minimum absolute atomic E-state index is 0.0363. The van der Waals surface area contributed by atoms with Crippen molar-refractivity contribution in [2.75, 3.05) is 11.9 Å². The number of hydrogen-bond donors (Lipinski definition) is 3. The van der Waals surface area contributed by atoms with Crippen molar-refractivity contribution in [1.82, 2.24) is 15.5 Å². The maximum Gasteiger partial charge on any atom is 0.299 e. The second-order valence-electron chi connectivity index (χ2n) is 11.4. The van der Waals surface area contributed by atoms with Crippen molar-refractivity contribution >= 4 is 40.9 Å². The van der Waals surface area contributed by atoms with Gasteiger partial charge in [0.1, 0.15) is 12.1 Å². The molecule has 1 aliphatic rings. The molecule has 4 rings (SSSR count). The predicted octanol–water partition coefficient (Wildman–Crippen LogP) is 3.59. The largest absolute Gasteiger partial charge is 0.344 e. The van der Waals surface area contributed by atoms with Gasteiger partial charge in [-0.1, -0.05) is 66.7 Å². The topological polar surface area (TPSA) is 142 Å². The van der Waals surface area contributed by atoms with Crippen LogP contribution in [-0.4, -0.2) is 58.7 Å². The number of rotatable bonds is 13. The zero-order chi connectivity index (χ0) is 33.8. The summed E-state index contributed by atoms with van der Waals surface area (Å²) in [5, 5.41) is 7.99. The van der Waals surface area contributed by atoms with E-state index in [1.807, 2.05) is 54.6 Å². The first-order chi connectivity index (χ1) is 22.6. The molecule has 3 N–H and O–H groups in total. The lowest BCUT2D eigenvalue weighted by Gasteiger charge is -2.27. The second-order valence-corrected chi connectivity index (χ2v) is 11.4. The van der Waals surface area contributed by atoms with Gasteiger partial charge in [0.15, 0.2) is 0 Å². The number of nitrogens with one attached hydrogen (secondary N) is 3. The quantitative estimate of drug-likeness (QED) is 0.149. The fourth-order valence-corrected chi connectivity index (χ4v) is 5.29. The Morgan fingerprint density at radius 1 is 0.894 bits per heavy atom. The van der Waals surface area contributed by atoms with Crippen LogP contribution in [0.1, 0.15) is 50.2 Å². The number of hydrogen-bond acceptors (Lipinski definition) is 6. The highest BCUT2D eigenvalue weighted by Gasteiger charge is 2.31. The summed E-state index contributed by atoms with van der Waals surface area (Å²) in [5.74, 6) is -1.75. The minimum Gasteiger partial charge on any atom is -0.344 e. The third-order valence-electron chi connectivity index (χ3n) is 7.86. The van der Waals surface area contributed by atoms with Gasteiger partial charge >= 0.3 is 0 Å². The Hall–Kier alpha value is -5.56. The standard InChI is InChI=1S/C37H38N4O6/c1-3-4-13-33(43)39-32(23-26-16-20-30(21-17-26)38-36(46)34(44)25(2)42)35(45)40-31-12-8-9-22-41(37(31)47)24-27-14-18-29(19-15-27)28-10-6-5-7-11-28/h1,5-7,10-11,14-21,31-32H,4,8-9,12-13,22-24H2,2H3,(H,38,46)(H,39,43)(H,40,45). The molecule has 242 valence electrons. The van der Waals surface area contributed by atoms with Gasteiger partial charge in [-0.2, -0.15) is 0 Å². The molecule has 1 fully saturated rings. The molecule has 0 bridgehead atoms. The zero-order valence-corrected chi connectivity index (χ0v) is 26.3. The molecule has 0 spiro atoms. The van der Waals surface area contributed by atoms with Crippen molar-refractivity contribution in [3.8, 4) is 23.5 Å². The predicted molar refractivity (Wildman–Crippen MR) is 178 cm³/mol. The number of amides is 4. The van der Waals surface area contributed by atoms with E-state index in [1.54, 1.807) is 17.0 Å². The van der Waals surface area contributed by atoms with Gasteiger partial charge in [0.2, 0.25) is 23.5 Å². The Labute approximate surface area is 274 Å². The van der Waals surface area contributed by atoms with Crippen molar-refractivity contribution in [1.29, 1.82) is 0 Å². The maximum absolute atomic E-state index is 13.7. The van der Waals surface area contributed by atoms with Crippen molar-refractivity contribution in [2.24, 2.45) is 0 Å². The number of ketones is 2. The Bertz CT molecular complexity index is 1640. The molecule has 3 aromatic carbocycles. The third-order valence-corrected chi connectivity index (χ3v) is 7.86. The summed E-state index contributed by atoms with van der Waals surface area (Å²) in [6, 6.07) is 22.7. The summed E-state index contributed by atoms with van der Waals surface area (Å²) in [5.41, 5.74) is 4.10. The highest BCUT2D eigenvalue weighted by Crippen LogP contribution is 2.21. The van der Waals surface area contributed by atoms with Crippen LogP contribution in [0.2, 0.25) is 0 Å². The average Bonchev–Trinajstić information content (AvgIpc) is 3.24. The minimum atomic E-state index is -1.16. The highest BCUT2D eigenvalue weighted by molar-refractivity contribution is 6.65. The van der Waals surface area contributed by atoms with Crippen LogP contribution in [0.5, 0.6) is 0 Å². The van der Waals surface area contributed by atoms with E-state index in [0.717, 1.165) is 36.5 Å². The van der Waals surface area contributed by atoms with Crippen molar-refractivity contribution in [3.05, 3.63) is 90.0 Å². The van der Waals surface area contributed by atoms with E-state index in [9.17, 15) is 28.8 Å². The number of likely N-dealkylation sites (tertiary alicyclic amines) is 1. The summed E-state index contributed by atoms with van der Waals surface area (Å²) in [4.78, 5) is 76.4. The number of benzene rings is 3. The van der Waals surface area contributed by atoms with Gasteiger partial charge in [-0.3, -0.25) is 28.8 Å². The lowest BCUT2D eigenvalue weighted by atomic mass is 10.0. The molecule has 0 aliphatic carbocycles. The van der Waals surface area contributed by atoms with Gasteiger partial charge in [0.25, 0.3) is 11.7 Å². The number of carbonyl (C=O) groups excluding carboxylic acids is 6. The van der Waals surface area contributed by atoms with E-state index in [0.29, 0.717) is 25.1 Å². The first-order valence-electron chi connectivity index (χ1n) is 15.6. The summed E-state index contributed by atoms with van der Waals surface area (Å²) >= 11 is 0. The zero-order valence-electron chi connectivity index (χ0n) is 26.3. The van der Waals surface area contributed by atoms with Crippen molar-refractivity contribution in [3.63, 3.8) is 0 Å². The van der Waals surface area contributed by atoms with Crippen LogP contribution in [0.4, 0.5) is 5.69 Å². The normalized spacial score (nSPS) is 15.0. The number of nitrogens with zero attached hydrogens (tertiary/aromatic N) is 1. The van der Waals surface area contributed by atoms with E-state index in [4.69, 9.17) is 6.42 Å². The van der Waals surface area contributed by atoms with E-state index in [2.05, 4.69) is 21.9 Å². The lowest BCUT2D eigenvalue weighted by molar-refractivity contribution is -0.142. The number of terminal acetylenes is 1. The molecule has 10 nitrogen and oxygen atoms in total. The van der Waals surface area contributed by atoms with Crippen LogP contribution in [0.3, 0.4) is 0 Å². The molecule has 1 heterocycles. The number of carbonyl (C=O) groups is 6. The molecule has 0 aromatic heterocycles. The molecule has 1 saturated heterocycles. The smallest absolute Gasteiger partial charge is 0.299 e. The molecule has 4 amide bonds. The SMILES string of the molecule is C#CCCC(=O)NC(Cc1ccc(NC(=O)C(=O)C(C)=O)cc1)C(=O)NC1CCCCN(Cc2ccc(-c3ccccc3)cc2)C1=O. The van der Waals surface area contributed by atoms with Gasteiger partial charge in [-0.05, 0) is 53.6 Å². The first-order valence-corrected chi connectivity index (χ1v) is 15.6.